The summed E-state index contributed by atoms with van der Waals surface area (Å²) in [5.41, 5.74) is 3.09. The zero-order valence-electron chi connectivity index (χ0n) is 32.2. The zero-order chi connectivity index (χ0) is 38.6. The van der Waals surface area contributed by atoms with E-state index < -0.39 is 5.54 Å². The summed E-state index contributed by atoms with van der Waals surface area (Å²) < 4.78 is 16.1. The Morgan fingerprint density at radius 1 is 0.618 bits per heavy atom. The van der Waals surface area contributed by atoms with Crippen molar-refractivity contribution < 1.29 is 28.6 Å². The molecule has 5 rings (SSSR count). The van der Waals surface area contributed by atoms with E-state index in [1.54, 1.807) is 28.5 Å². The minimum Gasteiger partial charge on any atom is -0.450 e. The Bertz CT molecular complexity index is 1470. The van der Waals surface area contributed by atoms with E-state index in [0.717, 1.165) is 38.5 Å². The first-order valence-corrected chi connectivity index (χ1v) is 22.4. The summed E-state index contributed by atoms with van der Waals surface area (Å²) in [4.78, 5) is 41.5. The monoisotopic (exact) mass is 790 g/mol. The first-order chi connectivity index (χ1) is 27.0. The van der Waals surface area contributed by atoms with Gasteiger partial charge in [0.05, 0.1) is 12.1 Å². The summed E-state index contributed by atoms with van der Waals surface area (Å²) in [6.45, 7) is 6.60. The lowest BCUT2D eigenvalue weighted by molar-refractivity contribution is 0.0545. The lowest BCUT2D eigenvalue weighted by Gasteiger charge is -2.48. The molecule has 1 aliphatic heterocycles. The maximum atomic E-state index is 13.1. The van der Waals surface area contributed by atoms with Gasteiger partial charge in [-0.2, -0.15) is 0 Å². The molecule has 1 heterocycles. The van der Waals surface area contributed by atoms with Crippen molar-refractivity contribution in [2.75, 3.05) is 70.6 Å². The lowest BCUT2D eigenvalue weighted by atomic mass is 9.75. The quantitative estimate of drug-likeness (QED) is 0.0639. The summed E-state index contributed by atoms with van der Waals surface area (Å²) in [5.74, 6) is 2.13. The normalized spacial score (nSPS) is 18.2. The van der Waals surface area contributed by atoms with Gasteiger partial charge in [-0.05, 0) is 61.1 Å². The van der Waals surface area contributed by atoms with E-state index in [0.29, 0.717) is 82.4 Å². The molecule has 0 aromatic heterocycles. The van der Waals surface area contributed by atoms with E-state index in [1.807, 2.05) is 4.90 Å². The molecule has 3 aromatic rings. The molecule has 2 N–H and O–H groups in total. The number of rotatable bonds is 16. The van der Waals surface area contributed by atoms with Gasteiger partial charge in [-0.25, -0.2) is 14.4 Å². The summed E-state index contributed by atoms with van der Waals surface area (Å²) in [6.07, 6.45) is 6.70. The molecular weight excluding hydrogens is 733 g/mol. The van der Waals surface area contributed by atoms with Crippen LogP contribution < -0.4 is 10.6 Å². The molecule has 1 saturated carbocycles. The topological polar surface area (TPSA) is 109 Å². The van der Waals surface area contributed by atoms with Crippen LogP contribution >= 0.6 is 21.6 Å². The Balaban J connectivity index is 0.973. The number of carbonyl (C=O) groups excluding carboxylic acids is 3. The summed E-state index contributed by atoms with van der Waals surface area (Å²) in [5, 5.41) is 5.85. The van der Waals surface area contributed by atoms with E-state index in [9.17, 15) is 14.4 Å². The highest BCUT2D eigenvalue weighted by Gasteiger charge is 2.43. The summed E-state index contributed by atoms with van der Waals surface area (Å²) in [6, 6.07) is 31.9. The molecule has 55 heavy (non-hydrogen) atoms. The zero-order valence-corrected chi connectivity index (χ0v) is 33.8. The van der Waals surface area contributed by atoms with Crippen LogP contribution in [0.2, 0.25) is 0 Å². The fourth-order valence-electron chi connectivity index (χ4n) is 7.75. The van der Waals surface area contributed by atoms with Crippen LogP contribution in [0.4, 0.5) is 14.4 Å². The van der Waals surface area contributed by atoms with Crippen molar-refractivity contribution in [3.05, 3.63) is 108 Å². The van der Waals surface area contributed by atoms with Gasteiger partial charge in [-0.1, -0.05) is 132 Å². The van der Waals surface area contributed by atoms with Crippen LogP contribution in [0.5, 0.6) is 0 Å². The third kappa shape index (κ3) is 12.8. The number of amides is 3. The number of hydrogen-bond donors (Lipinski definition) is 2. The van der Waals surface area contributed by atoms with Crippen LogP contribution in [0.15, 0.2) is 91.0 Å². The molecule has 1 unspecified atom stereocenters. The van der Waals surface area contributed by atoms with Gasteiger partial charge in [0.15, 0.2) is 0 Å². The van der Waals surface area contributed by atoms with Crippen LogP contribution in [0.25, 0.3) is 0 Å². The number of nitrogens with one attached hydrogen (secondary N) is 2. The summed E-state index contributed by atoms with van der Waals surface area (Å²) >= 11 is 0. The molecule has 3 aromatic carbocycles. The molecule has 2 atom stereocenters. The van der Waals surface area contributed by atoms with Crippen molar-refractivity contribution in [3.63, 3.8) is 0 Å². The second-order valence-electron chi connectivity index (χ2n) is 14.1. The van der Waals surface area contributed by atoms with Crippen molar-refractivity contribution >= 4 is 39.9 Å². The molecule has 1 aliphatic carbocycles. The van der Waals surface area contributed by atoms with Gasteiger partial charge in [0.1, 0.15) is 13.2 Å². The van der Waals surface area contributed by atoms with E-state index >= 15 is 0 Å². The van der Waals surface area contributed by atoms with Crippen molar-refractivity contribution in [1.82, 2.24) is 20.4 Å². The highest BCUT2D eigenvalue weighted by atomic mass is 33.1. The van der Waals surface area contributed by atoms with Gasteiger partial charge in [0.2, 0.25) is 0 Å². The molecule has 0 spiro atoms. The molecule has 2 aliphatic rings. The van der Waals surface area contributed by atoms with E-state index in [2.05, 4.69) is 107 Å². The standard InChI is InChI=1S/C43H58N4O6S2/c1-2-51-40(48)44-33-35-15-7-3-8-16-36(24-23-35)34-45-41(49)52-29-31-54-55-32-30-53-42(50)46-25-27-47(28-26-46)43(37-17-9-4-10-18-37,38-19-11-5-12-20-38)39-21-13-6-14-22-39/h4-6,9-14,17-22,35-36H,2-3,7-8,15-16,23-34H2,1H3,(H,44,48)(H,45,49)/t35-,36?/m0/s1. The Morgan fingerprint density at radius 2 is 1.07 bits per heavy atom. The van der Waals surface area contributed by atoms with E-state index in [-0.39, 0.29) is 18.3 Å². The average molecular weight is 791 g/mol. The second kappa shape index (κ2) is 23.3. The van der Waals surface area contributed by atoms with Crippen LogP contribution in [-0.2, 0) is 19.7 Å². The van der Waals surface area contributed by atoms with Crippen molar-refractivity contribution in [1.29, 1.82) is 0 Å². The highest BCUT2D eigenvalue weighted by Crippen LogP contribution is 2.43. The molecule has 0 radical (unpaired) electrons. The number of ether oxygens (including phenoxy) is 3. The third-order valence-corrected chi connectivity index (χ3v) is 12.8. The fraction of sp³-hybridized carbons (Fsp3) is 0.512. The predicted molar refractivity (Wildman–Crippen MR) is 222 cm³/mol. The van der Waals surface area contributed by atoms with Crippen molar-refractivity contribution in [2.45, 2.75) is 57.4 Å². The number of alkyl carbamates (subject to hydrolysis) is 2. The van der Waals surface area contributed by atoms with Crippen molar-refractivity contribution in [2.24, 2.45) is 11.8 Å². The number of hydrogen-bond acceptors (Lipinski definition) is 9. The lowest BCUT2D eigenvalue weighted by Crippen LogP contribution is -2.57. The van der Waals surface area contributed by atoms with Crippen LogP contribution in [0, 0.1) is 11.8 Å². The highest BCUT2D eigenvalue weighted by molar-refractivity contribution is 8.76. The Morgan fingerprint density at radius 3 is 1.55 bits per heavy atom. The fourth-order valence-corrected chi connectivity index (χ4v) is 9.40. The smallest absolute Gasteiger partial charge is 0.409 e. The van der Waals surface area contributed by atoms with Gasteiger partial charge >= 0.3 is 18.3 Å². The van der Waals surface area contributed by atoms with Gasteiger partial charge in [0, 0.05) is 50.8 Å². The first kappa shape index (κ1) is 42.3. The molecule has 1 saturated heterocycles. The predicted octanol–water partition coefficient (Wildman–Crippen LogP) is 8.56. The third-order valence-electron chi connectivity index (χ3n) is 10.5. The van der Waals surface area contributed by atoms with Crippen LogP contribution in [-0.4, -0.2) is 98.7 Å². The van der Waals surface area contributed by atoms with Gasteiger partial charge in [-0.15, -0.1) is 0 Å². The number of nitrogens with zero attached hydrogens (tertiary/aromatic N) is 2. The SMILES string of the molecule is CCOC(=O)NC[C@H]1CCCCCC(CNC(=O)OCCSSCCOC(=O)N2CCN(C(c3ccccc3)(c3ccccc3)c3ccccc3)CC2)CC1. The minimum absolute atomic E-state index is 0.279. The molecule has 2 fully saturated rings. The maximum absolute atomic E-state index is 13.1. The van der Waals surface area contributed by atoms with E-state index in [1.165, 1.54) is 23.1 Å². The largest absolute Gasteiger partial charge is 0.450 e. The number of carbonyl (C=O) groups is 3. The van der Waals surface area contributed by atoms with Gasteiger partial charge in [0.25, 0.3) is 0 Å². The number of benzene rings is 3. The van der Waals surface area contributed by atoms with Crippen molar-refractivity contribution in [3.8, 4) is 0 Å². The molecule has 10 nitrogen and oxygen atoms in total. The average Bonchev–Trinajstić information content (AvgIpc) is 3.34. The summed E-state index contributed by atoms with van der Waals surface area (Å²) in [7, 11) is 3.21. The van der Waals surface area contributed by atoms with Gasteiger partial charge < -0.3 is 29.7 Å². The first-order valence-electron chi connectivity index (χ1n) is 19.9. The molecule has 12 heteroatoms. The molecule has 3 amide bonds. The Labute approximate surface area is 335 Å². The van der Waals surface area contributed by atoms with Crippen LogP contribution in [0.3, 0.4) is 0 Å². The Hall–Kier alpha value is -3.87. The Kier molecular flexibility index (Phi) is 17.9. The number of piperazine rings is 1. The molecule has 298 valence electrons. The molecular formula is C43H58N4O6S2. The second-order valence-corrected chi connectivity index (χ2v) is 16.8. The van der Waals surface area contributed by atoms with Crippen LogP contribution in [0.1, 0.15) is 68.6 Å². The van der Waals surface area contributed by atoms with E-state index in [4.69, 9.17) is 14.2 Å². The minimum atomic E-state index is -0.498. The maximum Gasteiger partial charge on any atom is 0.409 e. The molecule has 0 bridgehead atoms. The van der Waals surface area contributed by atoms with Gasteiger partial charge in [-0.3, -0.25) is 4.90 Å².